The first-order valence-electron chi connectivity index (χ1n) is 6.87. The van der Waals surface area contributed by atoms with Crippen LogP contribution in [0.1, 0.15) is 26.7 Å². The summed E-state index contributed by atoms with van der Waals surface area (Å²) in [7, 11) is 0. The molecule has 0 spiro atoms. The third-order valence-corrected chi connectivity index (χ3v) is 3.22. The van der Waals surface area contributed by atoms with Gasteiger partial charge in [0.05, 0.1) is 17.9 Å². The maximum absolute atomic E-state index is 11.8. The van der Waals surface area contributed by atoms with Crippen molar-refractivity contribution in [2.24, 2.45) is 0 Å². The molecular formula is C15H21NO4. The lowest BCUT2D eigenvalue weighted by molar-refractivity contribution is -0.161. The molecule has 0 amide bonds. The third kappa shape index (κ3) is 4.13. The van der Waals surface area contributed by atoms with Gasteiger partial charge in [-0.25, -0.2) is 4.79 Å². The second-order valence-electron chi connectivity index (χ2n) is 5.17. The van der Waals surface area contributed by atoms with Crippen molar-refractivity contribution in [3.8, 4) is 5.75 Å². The van der Waals surface area contributed by atoms with E-state index in [1.165, 1.54) is 0 Å². The minimum Gasteiger partial charge on any atom is -0.480 e. The standard InChI is InChI=1S/C15H21NO4/c1-10-7-12(8-11(2)19-10)20-15(17)9-18-14-6-4-3-5-13(14)16/h3-6,10-12H,7-9,16H2,1-2H3. The second-order valence-corrected chi connectivity index (χ2v) is 5.17. The molecule has 2 unspecified atom stereocenters. The van der Waals surface area contributed by atoms with Gasteiger partial charge in [0.15, 0.2) is 6.61 Å². The maximum Gasteiger partial charge on any atom is 0.344 e. The largest absolute Gasteiger partial charge is 0.480 e. The van der Waals surface area contributed by atoms with Crippen molar-refractivity contribution in [3.63, 3.8) is 0 Å². The van der Waals surface area contributed by atoms with Crippen molar-refractivity contribution in [3.05, 3.63) is 24.3 Å². The van der Waals surface area contributed by atoms with Gasteiger partial charge in [-0.05, 0) is 26.0 Å². The van der Waals surface area contributed by atoms with Crippen LogP contribution in [0.4, 0.5) is 5.69 Å². The highest BCUT2D eigenvalue weighted by atomic mass is 16.6. The predicted molar refractivity (Wildman–Crippen MR) is 75.5 cm³/mol. The minimum absolute atomic E-state index is 0.0991. The van der Waals surface area contributed by atoms with Crippen LogP contribution in [0.25, 0.3) is 0 Å². The lowest BCUT2D eigenvalue weighted by Crippen LogP contribution is -2.36. The van der Waals surface area contributed by atoms with Gasteiger partial charge in [0.1, 0.15) is 11.9 Å². The number of benzene rings is 1. The van der Waals surface area contributed by atoms with Gasteiger partial charge in [-0.2, -0.15) is 0 Å². The van der Waals surface area contributed by atoms with Crippen molar-refractivity contribution in [2.75, 3.05) is 12.3 Å². The molecule has 20 heavy (non-hydrogen) atoms. The third-order valence-electron chi connectivity index (χ3n) is 3.22. The van der Waals surface area contributed by atoms with Gasteiger partial charge in [0, 0.05) is 12.8 Å². The fourth-order valence-corrected chi connectivity index (χ4v) is 2.41. The molecule has 2 N–H and O–H groups in total. The van der Waals surface area contributed by atoms with E-state index < -0.39 is 0 Å². The van der Waals surface area contributed by atoms with Crippen molar-refractivity contribution >= 4 is 11.7 Å². The highest BCUT2D eigenvalue weighted by Gasteiger charge is 2.27. The van der Waals surface area contributed by atoms with Crippen LogP contribution >= 0.6 is 0 Å². The molecule has 0 saturated carbocycles. The lowest BCUT2D eigenvalue weighted by Gasteiger charge is -2.31. The molecule has 1 saturated heterocycles. The molecule has 1 aromatic carbocycles. The molecule has 1 heterocycles. The first-order chi connectivity index (χ1) is 9.54. The molecule has 1 fully saturated rings. The summed E-state index contributed by atoms with van der Waals surface area (Å²) in [5.74, 6) is 0.123. The number of rotatable bonds is 4. The van der Waals surface area contributed by atoms with Crippen LogP contribution in [-0.4, -0.2) is 30.9 Å². The van der Waals surface area contributed by atoms with Crippen molar-refractivity contribution in [1.82, 2.24) is 0 Å². The van der Waals surface area contributed by atoms with Crippen LogP contribution in [0.2, 0.25) is 0 Å². The van der Waals surface area contributed by atoms with Gasteiger partial charge < -0.3 is 19.9 Å². The zero-order chi connectivity index (χ0) is 14.5. The Morgan fingerprint density at radius 2 is 1.95 bits per heavy atom. The number of nitrogens with two attached hydrogens (primary N) is 1. The van der Waals surface area contributed by atoms with E-state index in [1.807, 2.05) is 19.9 Å². The van der Waals surface area contributed by atoms with Crippen LogP contribution in [0.15, 0.2) is 24.3 Å². The van der Waals surface area contributed by atoms with Gasteiger partial charge in [0.2, 0.25) is 0 Å². The van der Waals surface area contributed by atoms with E-state index in [2.05, 4.69) is 0 Å². The van der Waals surface area contributed by atoms with E-state index in [0.29, 0.717) is 11.4 Å². The zero-order valence-corrected chi connectivity index (χ0v) is 11.9. The summed E-state index contributed by atoms with van der Waals surface area (Å²) in [6.45, 7) is 3.84. The minimum atomic E-state index is -0.375. The average molecular weight is 279 g/mol. The molecule has 5 heteroatoms. The van der Waals surface area contributed by atoms with E-state index in [9.17, 15) is 4.79 Å². The number of esters is 1. The molecule has 1 aliphatic heterocycles. The average Bonchev–Trinajstić information content (AvgIpc) is 2.36. The van der Waals surface area contributed by atoms with Gasteiger partial charge in [-0.3, -0.25) is 0 Å². The molecule has 0 bridgehead atoms. The number of para-hydroxylation sites is 2. The number of hydrogen-bond donors (Lipinski definition) is 1. The topological polar surface area (TPSA) is 70.8 Å². The Labute approximate surface area is 119 Å². The van der Waals surface area contributed by atoms with E-state index in [-0.39, 0.29) is 30.9 Å². The SMILES string of the molecule is CC1CC(OC(=O)COc2ccccc2N)CC(C)O1. The van der Waals surface area contributed by atoms with Crippen molar-refractivity contribution in [2.45, 2.75) is 45.0 Å². The number of nitrogen functional groups attached to an aromatic ring is 1. The zero-order valence-electron chi connectivity index (χ0n) is 11.9. The molecular weight excluding hydrogens is 258 g/mol. The Bertz CT molecular complexity index is 453. The molecule has 2 atom stereocenters. The summed E-state index contributed by atoms with van der Waals surface area (Å²) in [5.41, 5.74) is 6.24. The summed E-state index contributed by atoms with van der Waals surface area (Å²) in [6.07, 6.45) is 1.58. The van der Waals surface area contributed by atoms with Gasteiger partial charge in [0.25, 0.3) is 0 Å². The maximum atomic E-state index is 11.8. The van der Waals surface area contributed by atoms with Gasteiger partial charge >= 0.3 is 5.97 Å². The highest BCUT2D eigenvalue weighted by molar-refractivity contribution is 5.71. The van der Waals surface area contributed by atoms with Crippen LogP contribution in [-0.2, 0) is 14.3 Å². The Balaban J connectivity index is 1.79. The molecule has 1 aliphatic rings. The first-order valence-corrected chi connectivity index (χ1v) is 6.87. The number of anilines is 1. The Morgan fingerprint density at radius 3 is 2.60 bits per heavy atom. The van der Waals surface area contributed by atoms with Gasteiger partial charge in [-0.15, -0.1) is 0 Å². The quantitative estimate of drug-likeness (QED) is 0.675. The van der Waals surface area contributed by atoms with E-state index in [0.717, 1.165) is 12.8 Å². The van der Waals surface area contributed by atoms with E-state index >= 15 is 0 Å². The smallest absolute Gasteiger partial charge is 0.344 e. The fraction of sp³-hybridized carbons (Fsp3) is 0.533. The van der Waals surface area contributed by atoms with Crippen LogP contribution < -0.4 is 10.5 Å². The number of carbonyl (C=O) groups excluding carboxylic acids is 1. The molecule has 110 valence electrons. The Morgan fingerprint density at radius 1 is 1.30 bits per heavy atom. The Kier molecular flexibility index (Phi) is 4.84. The van der Waals surface area contributed by atoms with Crippen LogP contribution in [0.3, 0.4) is 0 Å². The Hall–Kier alpha value is -1.75. The number of ether oxygens (including phenoxy) is 3. The first kappa shape index (κ1) is 14.7. The molecule has 0 aliphatic carbocycles. The summed E-state index contributed by atoms with van der Waals surface area (Å²) < 4.78 is 16.4. The summed E-state index contributed by atoms with van der Waals surface area (Å²) in [4.78, 5) is 11.8. The summed E-state index contributed by atoms with van der Waals surface area (Å²) in [5, 5.41) is 0. The van der Waals surface area contributed by atoms with Crippen molar-refractivity contribution in [1.29, 1.82) is 0 Å². The van der Waals surface area contributed by atoms with Crippen LogP contribution in [0.5, 0.6) is 5.75 Å². The normalized spacial score (nSPS) is 26.0. The highest BCUT2D eigenvalue weighted by Crippen LogP contribution is 2.22. The fourth-order valence-electron chi connectivity index (χ4n) is 2.41. The van der Waals surface area contributed by atoms with Crippen LogP contribution in [0, 0.1) is 0 Å². The molecule has 2 rings (SSSR count). The summed E-state index contributed by atoms with van der Waals surface area (Å²) in [6, 6.07) is 7.06. The number of carbonyl (C=O) groups is 1. The predicted octanol–water partition coefficient (Wildman–Crippen LogP) is 2.15. The second kappa shape index (κ2) is 6.61. The van der Waals surface area contributed by atoms with Gasteiger partial charge in [-0.1, -0.05) is 12.1 Å². The molecule has 0 radical (unpaired) electrons. The molecule has 1 aromatic rings. The van der Waals surface area contributed by atoms with Crippen molar-refractivity contribution < 1.29 is 19.0 Å². The molecule has 5 nitrogen and oxygen atoms in total. The van der Waals surface area contributed by atoms with E-state index in [1.54, 1.807) is 18.2 Å². The summed E-state index contributed by atoms with van der Waals surface area (Å²) >= 11 is 0. The monoisotopic (exact) mass is 279 g/mol. The van der Waals surface area contributed by atoms with E-state index in [4.69, 9.17) is 19.9 Å². The molecule has 0 aromatic heterocycles. The number of hydrogen-bond acceptors (Lipinski definition) is 5. The lowest BCUT2D eigenvalue weighted by atomic mass is 10.0.